The number of carbonyl (C=O) groups excluding carboxylic acids is 1. The summed E-state index contributed by atoms with van der Waals surface area (Å²) in [6.07, 6.45) is 4.27. The van der Waals surface area contributed by atoms with E-state index in [4.69, 9.17) is 0 Å². The number of nitrogens with one attached hydrogen (secondary N) is 1. The summed E-state index contributed by atoms with van der Waals surface area (Å²) in [7, 11) is 1.53. The average Bonchev–Trinajstić information content (AvgIpc) is 2.95. The van der Waals surface area contributed by atoms with Gasteiger partial charge in [-0.1, -0.05) is 12.8 Å². The molecule has 2 rings (SSSR count). The summed E-state index contributed by atoms with van der Waals surface area (Å²) in [5.74, 6) is -0.0489. The first-order chi connectivity index (χ1) is 7.76. The molecule has 16 heavy (non-hydrogen) atoms. The van der Waals surface area contributed by atoms with Crippen molar-refractivity contribution in [2.75, 3.05) is 7.05 Å². The van der Waals surface area contributed by atoms with Gasteiger partial charge in [-0.15, -0.1) is 4.91 Å². The van der Waals surface area contributed by atoms with Crippen LogP contribution in [0.4, 0.5) is 5.82 Å². The SMILES string of the molecule is CNC(=O)c1cc(N=O)n(C2CCCC2)n1. The highest BCUT2D eigenvalue weighted by atomic mass is 16.3. The van der Waals surface area contributed by atoms with Crippen molar-refractivity contribution >= 4 is 11.7 Å². The third kappa shape index (κ3) is 1.82. The molecule has 0 spiro atoms. The smallest absolute Gasteiger partial charge is 0.271 e. The second-order valence-corrected chi connectivity index (χ2v) is 3.94. The highest BCUT2D eigenvalue weighted by molar-refractivity contribution is 5.92. The van der Waals surface area contributed by atoms with Crippen LogP contribution in [0.1, 0.15) is 42.2 Å². The molecule has 0 aliphatic heterocycles. The molecule has 1 aromatic rings. The van der Waals surface area contributed by atoms with Gasteiger partial charge < -0.3 is 5.32 Å². The van der Waals surface area contributed by atoms with Crippen LogP contribution < -0.4 is 5.32 Å². The zero-order valence-electron chi connectivity index (χ0n) is 9.14. The quantitative estimate of drug-likeness (QED) is 0.791. The molecule has 0 radical (unpaired) electrons. The van der Waals surface area contributed by atoms with E-state index < -0.39 is 0 Å². The average molecular weight is 222 g/mol. The Morgan fingerprint density at radius 2 is 2.25 bits per heavy atom. The lowest BCUT2D eigenvalue weighted by atomic mass is 10.2. The molecule has 1 fully saturated rings. The number of rotatable bonds is 3. The number of aromatic nitrogens is 2. The van der Waals surface area contributed by atoms with Crippen molar-refractivity contribution in [2.24, 2.45) is 5.18 Å². The van der Waals surface area contributed by atoms with Gasteiger partial charge in [0.1, 0.15) is 0 Å². The molecule has 1 aromatic heterocycles. The molecular formula is C10H14N4O2. The van der Waals surface area contributed by atoms with Crippen LogP contribution >= 0.6 is 0 Å². The van der Waals surface area contributed by atoms with Crippen molar-refractivity contribution in [3.63, 3.8) is 0 Å². The van der Waals surface area contributed by atoms with Gasteiger partial charge in [0.05, 0.1) is 6.04 Å². The summed E-state index contributed by atoms with van der Waals surface area (Å²) in [5, 5.41) is 9.55. The standard InChI is InChI=1S/C10H14N4O2/c1-11-10(15)8-6-9(13-16)14(12-8)7-4-2-3-5-7/h6-7H,2-5H2,1H3,(H,11,15). The van der Waals surface area contributed by atoms with Gasteiger partial charge in [-0.25, -0.2) is 4.68 Å². The normalized spacial score (nSPS) is 16.3. The third-order valence-corrected chi connectivity index (χ3v) is 2.94. The molecule has 1 heterocycles. The molecule has 1 saturated carbocycles. The summed E-state index contributed by atoms with van der Waals surface area (Å²) >= 11 is 0. The maximum atomic E-state index is 11.4. The molecule has 1 N–H and O–H groups in total. The Labute approximate surface area is 93.0 Å². The molecule has 1 aliphatic rings. The number of carbonyl (C=O) groups is 1. The molecule has 86 valence electrons. The van der Waals surface area contributed by atoms with Gasteiger partial charge in [0, 0.05) is 13.1 Å². The maximum Gasteiger partial charge on any atom is 0.271 e. The lowest BCUT2D eigenvalue weighted by Gasteiger charge is -2.09. The van der Waals surface area contributed by atoms with Crippen LogP contribution in [0.15, 0.2) is 11.2 Å². The first-order valence-corrected chi connectivity index (χ1v) is 5.41. The summed E-state index contributed by atoms with van der Waals surface area (Å²) in [4.78, 5) is 22.0. The fraction of sp³-hybridized carbons (Fsp3) is 0.600. The monoisotopic (exact) mass is 222 g/mol. The van der Waals surface area contributed by atoms with Gasteiger partial charge in [-0.05, 0) is 18.0 Å². The van der Waals surface area contributed by atoms with Crippen LogP contribution in [0.3, 0.4) is 0 Å². The van der Waals surface area contributed by atoms with Crippen LogP contribution in [0.2, 0.25) is 0 Å². The fourth-order valence-corrected chi connectivity index (χ4v) is 2.11. The van der Waals surface area contributed by atoms with Gasteiger partial charge >= 0.3 is 0 Å². The maximum absolute atomic E-state index is 11.4. The molecule has 6 heteroatoms. The molecule has 0 atom stereocenters. The van der Waals surface area contributed by atoms with Gasteiger partial charge in [-0.2, -0.15) is 5.10 Å². The van der Waals surface area contributed by atoms with Crippen LogP contribution in [0.25, 0.3) is 0 Å². The lowest BCUT2D eigenvalue weighted by Crippen LogP contribution is -2.19. The minimum absolute atomic E-state index is 0.214. The molecule has 0 saturated heterocycles. The Morgan fingerprint density at radius 1 is 1.56 bits per heavy atom. The van der Waals surface area contributed by atoms with Crippen molar-refractivity contribution < 1.29 is 4.79 Å². The highest BCUT2D eigenvalue weighted by Crippen LogP contribution is 2.32. The number of nitroso groups, excluding NO2 is 1. The summed E-state index contributed by atoms with van der Waals surface area (Å²) in [5.41, 5.74) is 0.254. The fourth-order valence-electron chi connectivity index (χ4n) is 2.11. The van der Waals surface area contributed by atoms with E-state index in [0.717, 1.165) is 25.7 Å². The predicted octanol–water partition coefficient (Wildman–Crippen LogP) is 1.76. The number of nitrogens with zero attached hydrogens (tertiary/aromatic N) is 3. The van der Waals surface area contributed by atoms with Gasteiger partial charge in [0.2, 0.25) is 0 Å². The van der Waals surface area contributed by atoms with Crippen LogP contribution in [-0.4, -0.2) is 22.7 Å². The van der Waals surface area contributed by atoms with Crippen molar-refractivity contribution in [3.8, 4) is 0 Å². The van der Waals surface area contributed by atoms with E-state index in [-0.39, 0.29) is 23.5 Å². The molecule has 6 nitrogen and oxygen atoms in total. The van der Waals surface area contributed by atoms with E-state index in [1.54, 1.807) is 4.68 Å². The van der Waals surface area contributed by atoms with Crippen LogP contribution in [0.5, 0.6) is 0 Å². The van der Waals surface area contributed by atoms with Crippen molar-refractivity contribution in [3.05, 3.63) is 16.7 Å². The Hall–Kier alpha value is -1.72. The van der Waals surface area contributed by atoms with Gasteiger partial charge in [0.15, 0.2) is 11.5 Å². The van der Waals surface area contributed by atoms with Crippen molar-refractivity contribution in [1.82, 2.24) is 15.1 Å². The zero-order chi connectivity index (χ0) is 11.5. The van der Waals surface area contributed by atoms with E-state index >= 15 is 0 Å². The molecule has 1 amide bonds. The van der Waals surface area contributed by atoms with Crippen molar-refractivity contribution in [2.45, 2.75) is 31.7 Å². The number of hydrogen-bond donors (Lipinski definition) is 1. The number of amides is 1. The molecule has 1 aliphatic carbocycles. The second-order valence-electron chi connectivity index (χ2n) is 3.94. The molecule has 0 unspecified atom stereocenters. The Kier molecular flexibility index (Phi) is 2.98. The number of hydrogen-bond acceptors (Lipinski definition) is 4. The predicted molar refractivity (Wildman–Crippen MR) is 58.6 cm³/mol. The van der Waals surface area contributed by atoms with Crippen LogP contribution in [-0.2, 0) is 0 Å². The first-order valence-electron chi connectivity index (χ1n) is 5.41. The Bertz CT molecular complexity index is 407. The topological polar surface area (TPSA) is 76.3 Å². The summed E-state index contributed by atoms with van der Waals surface area (Å²) in [6.45, 7) is 0. The van der Waals surface area contributed by atoms with E-state index in [1.807, 2.05) is 0 Å². The van der Waals surface area contributed by atoms with E-state index in [9.17, 15) is 9.70 Å². The van der Waals surface area contributed by atoms with E-state index in [1.165, 1.54) is 13.1 Å². The minimum Gasteiger partial charge on any atom is -0.354 e. The van der Waals surface area contributed by atoms with E-state index in [2.05, 4.69) is 15.6 Å². The third-order valence-electron chi connectivity index (χ3n) is 2.94. The van der Waals surface area contributed by atoms with E-state index in [0.29, 0.717) is 0 Å². The van der Waals surface area contributed by atoms with Crippen LogP contribution in [0, 0.1) is 4.91 Å². The van der Waals surface area contributed by atoms with Gasteiger partial charge in [0.25, 0.3) is 5.91 Å². The first kappa shape index (κ1) is 10.8. The second kappa shape index (κ2) is 4.42. The minimum atomic E-state index is -0.290. The molecule has 0 bridgehead atoms. The summed E-state index contributed by atoms with van der Waals surface area (Å²) in [6, 6.07) is 1.65. The Balaban J connectivity index is 2.32. The zero-order valence-corrected chi connectivity index (χ0v) is 9.14. The van der Waals surface area contributed by atoms with Crippen molar-refractivity contribution in [1.29, 1.82) is 0 Å². The lowest BCUT2D eigenvalue weighted by molar-refractivity contribution is 0.0957. The summed E-state index contributed by atoms with van der Waals surface area (Å²) < 4.78 is 1.59. The Morgan fingerprint density at radius 3 is 2.81 bits per heavy atom. The highest BCUT2D eigenvalue weighted by Gasteiger charge is 2.23. The molecular weight excluding hydrogens is 208 g/mol. The van der Waals surface area contributed by atoms with Gasteiger partial charge in [-0.3, -0.25) is 4.79 Å². The largest absolute Gasteiger partial charge is 0.354 e. The molecule has 0 aromatic carbocycles.